The van der Waals surface area contributed by atoms with Crippen molar-refractivity contribution in [3.63, 3.8) is 0 Å². The number of unbranched alkanes of at least 4 members (excludes halogenated alkanes) is 8. The molecule has 2 rings (SSSR count). The Morgan fingerprint density at radius 2 is 1.39 bits per heavy atom. The first-order chi connectivity index (χ1) is 15.0. The highest BCUT2D eigenvalue weighted by molar-refractivity contribution is 5.28. The molecule has 1 saturated heterocycles. The maximum Gasteiger partial charge on any atom is 0.119 e. The number of ether oxygens (including phenoxy) is 1. The highest BCUT2D eigenvalue weighted by Crippen LogP contribution is 2.18. The molecule has 1 heterocycles. The average molecular weight is 431 g/mol. The summed E-state index contributed by atoms with van der Waals surface area (Å²) in [4.78, 5) is 5.15. The second-order valence-electron chi connectivity index (χ2n) is 10.3. The lowest BCUT2D eigenvalue weighted by Crippen LogP contribution is -2.48. The predicted molar refractivity (Wildman–Crippen MR) is 135 cm³/mol. The minimum absolute atomic E-state index is 0.665. The summed E-state index contributed by atoms with van der Waals surface area (Å²) >= 11 is 0. The van der Waals surface area contributed by atoms with Crippen molar-refractivity contribution >= 4 is 0 Å². The Balaban J connectivity index is 1.49. The van der Waals surface area contributed by atoms with Crippen LogP contribution in [0.2, 0.25) is 0 Å². The van der Waals surface area contributed by atoms with Crippen LogP contribution in [0.5, 0.6) is 5.75 Å². The van der Waals surface area contributed by atoms with Crippen molar-refractivity contribution in [2.75, 3.05) is 32.8 Å². The third kappa shape index (κ3) is 11.9. The van der Waals surface area contributed by atoms with Crippen LogP contribution in [0, 0.1) is 5.92 Å². The molecule has 178 valence electrons. The summed E-state index contributed by atoms with van der Waals surface area (Å²) in [7, 11) is 0. The second kappa shape index (κ2) is 15.7. The average Bonchev–Trinajstić information content (AvgIpc) is 2.75. The molecule has 0 aromatic heterocycles. The molecule has 1 aliphatic rings. The van der Waals surface area contributed by atoms with Gasteiger partial charge in [0.1, 0.15) is 5.75 Å². The van der Waals surface area contributed by atoms with Gasteiger partial charge in [-0.3, -0.25) is 9.80 Å². The van der Waals surface area contributed by atoms with E-state index in [1.54, 1.807) is 0 Å². The highest BCUT2D eigenvalue weighted by atomic mass is 16.5. The zero-order chi connectivity index (χ0) is 22.3. The van der Waals surface area contributed by atoms with Crippen molar-refractivity contribution < 1.29 is 4.74 Å². The van der Waals surface area contributed by atoms with Crippen LogP contribution in [0.3, 0.4) is 0 Å². The van der Waals surface area contributed by atoms with Crippen molar-refractivity contribution in [3.8, 4) is 5.75 Å². The molecule has 0 aliphatic carbocycles. The van der Waals surface area contributed by atoms with Crippen molar-refractivity contribution in [2.24, 2.45) is 5.92 Å². The van der Waals surface area contributed by atoms with Crippen LogP contribution < -0.4 is 4.74 Å². The fourth-order valence-electron chi connectivity index (χ4n) is 4.51. The van der Waals surface area contributed by atoms with E-state index in [0.29, 0.717) is 6.04 Å². The van der Waals surface area contributed by atoms with Crippen LogP contribution in [0.1, 0.15) is 97.5 Å². The minimum Gasteiger partial charge on any atom is -0.494 e. The van der Waals surface area contributed by atoms with Gasteiger partial charge >= 0.3 is 0 Å². The van der Waals surface area contributed by atoms with Crippen molar-refractivity contribution in [1.29, 1.82) is 0 Å². The number of hydrogen-bond acceptors (Lipinski definition) is 3. The van der Waals surface area contributed by atoms with E-state index in [0.717, 1.165) is 24.8 Å². The Labute approximate surface area is 193 Å². The molecule has 0 radical (unpaired) electrons. The van der Waals surface area contributed by atoms with Gasteiger partial charge in [0, 0.05) is 38.8 Å². The molecule has 0 atom stereocenters. The van der Waals surface area contributed by atoms with Gasteiger partial charge in [0.25, 0.3) is 0 Å². The highest BCUT2D eigenvalue weighted by Gasteiger charge is 2.18. The maximum absolute atomic E-state index is 6.05. The monoisotopic (exact) mass is 430 g/mol. The zero-order valence-electron chi connectivity index (χ0n) is 21.1. The van der Waals surface area contributed by atoms with Gasteiger partial charge in [0.15, 0.2) is 0 Å². The SMILES string of the molecule is CC(C)CCCCCCCCCCCOc1cccc(CN2CCN(C(C)C)CC2)c1. The van der Waals surface area contributed by atoms with Crippen LogP contribution in [-0.2, 0) is 6.54 Å². The van der Waals surface area contributed by atoms with E-state index < -0.39 is 0 Å². The van der Waals surface area contributed by atoms with Gasteiger partial charge in [-0.2, -0.15) is 0 Å². The lowest BCUT2D eigenvalue weighted by molar-refractivity contribution is 0.104. The molecule has 3 nitrogen and oxygen atoms in total. The number of rotatable bonds is 16. The first kappa shape index (κ1) is 26.2. The Hall–Kier alpha value is -1.06. The summed E-state index contributed by atoms with van der Waals surface area (Å²) in [6.45, 7) is 15.9. The van der Waals surface area contributed by atoms with E-state index >= 15 is 0 Å². The molecule has 3 heteroatoms. The molecule has 31 heavy (non-hydrogen) atoms. The normalized spacial score (nSPS) is 15.8. The summed E-state index contributed by atoms with van der Waals surface area (Å²) in [5.41, 5.74) is 1.38. The zero-order valence-corrected chi connectivity index (χ0v) is 21.1. The summed E-state index contributed by atoms with van der Waals surface area (Å²) < 4.78 is 6.05. The van der Waals surface area contributed by atoms with Gasteiger partial charge in [0.2, 0.25) is 0 Å². The number of hydrogen-bond donors (Lipinski definition) is 0. The maximum atomic E-state index is 6.05. The molecule has 0 unspecified atom stereocenters. The first-order valence-corrected chi connectivity index (χ1v) is 13.2. The molecule has 0 N–H and O–H groups in total. The van der Waals surface area contributed by atoms with Gasteiger partial charge in [0.05, 0.1) is 6.61 Å². The van der Waals surface area contributed by atoms with Crippen molar-refractivity contribution in [2.45, 2.75) is 104 Å². The molecule has 1 aliphatic heterocycles. The molecule has 0 amide bonds. The molecule has 0 bridgehead atoms. The second-order valence-corrected chi connectivity index (χ2v) is 10.3. The number of benzene rings is 1. The van der Waals surface area contributed by atoms with E-state index in [-0.39, 0.29) is 0 Å². The summed E-state index contributed by atoms with van der Waals surface area (Å²) in [5, 5.41) is 0. The topological polar surface area (TPSA) is 15.7 Å². The van der Waals surface area contributed by atoms with Crippen LogP contribution >= 0.6 is 0 Å². The smallest absolute Gasteiger partial charge is 0.119 e. The lowest BCUT2D eigenvalue weighted by Gasteiger charge is -2.36. The van der Waals surface area contributed by atoms with Gasteiger partial charge < -0.3 is 4.74 Å². The molecular weight excluding hydrogens is 380 g/mol. The standard InChI is InChI=1S/C28H50N2O/c1-25(2)15-12-10-8-6-5-7-9-11-13-22-31-28-17-14-16-27(23-28)24-29-18-20-30(21-19-29)26(3)4/h14,16-17,23,25-26H,5-13,15,18-22,24H2,1-4H3. The van der Waals surface area contributed by atoms with Crippen LogP contribution in [0.15, 0.2) is 24.3 Å². The van der Waals surface area contributed by atoms with Crippen LogP contribution in [-0.4, -0.2) is 48.6 Å². The van der Waals surface area contributed by atoms with E-state index in [4.69, 9.17) is 4.74 Å². The van der Waals surface area contributed by atoms with Gasteiger partial charge in [-0.25, -0.2) is 0 Å². The van der Waals surface area contributed by atoms with E-state index in [1.807, 2.05) is 0 Å². The number of nitrogens with zero attached hydrogens (tertiary/aromatic N) is 2. The Morgan fingerprint density at radius 3 is 2.00 bits per heavy atom. The van der Waals surface area contributed by atoms with Gasteiger partial charge in [-0.1, -0.05) is 83.8 Å². The van der Waals surface area contributed by atoms with Crippen LogP contribution in [0.4, 0.5) is 0 Å². The largest absolute Gasteiger partial charge is 0.494 e. The third-order valence-electron chi connectivity index (χ3n) is 6.64. The Kier molecular flexibility index (Phi) is 13.3. The predicted octanol–water partition coefficient (Wildman–Crippen LogP) is 7.15. The van der Waals surface area contributed by atoms with E-state index in [9.17, 15) is 0 Å². The third-order valence-corrected chi connectivity index (χ3v) is 6.64. The number of piperazine rings is 1. The summed E-state index contributed by atoms with van der Waals surface area (Å²) in [5.74, 6) is 1.91. The van der Waals surface area contributed by atoms with Gasteiger partial charge in [-0.15, -0.1) is 0 Å². The molecule has 1 aromatic carbocycles. The lowest BCUT2D eigenvalue weighted by atomic mass is 10.0. The van der Waals surface area contributed by atoms with E-state index in [1.165, 1.54) is 96.0 Å². The molecule has 1 fully saturated rings. The molecule has 0 saturated carbocycles. The molecule has 1 aromatic rings. The van der Waals surface area contributed by atoms with Crippen LogP contribution in [0.25, 0.3) is 0 Å². The molecule has 0 spiro atoms. The van der Waals surface area contributed by atoms with Crippen molar-refractivity contribution in [3.05, 3.63) is 29.8 Å². The summed E-state index contributed by atoms with van der Waals surface area (Å²) in [6.07, 6.45) is 13.7. The fourth-order valence-corrected chi connectivity index (χ4v) is 4.51. The van der Waals surface area contributed by atoms with E-state index in [2.05, 4.69) is 61.8 Å². The fraction of sp³-hybridized carbons (Fsp3) is 0.786. The first-order valence-electron chi connectivity index (χ1n) is 13.2. The Morgan fingerprint density at radius 1 is 0.774 bits per heavy atom. The summed E-state index contributed by atoms with van der Waals surface area (Å²) in [6, 6.07) is 9.41. The van der Waals surface area contributed by atoms with Crippen molar-refractivity contribution in [1.82, 2.24) is 9.80 Å². The van der Waals surface area contributed by atoms with Gasteiger partial charge in [-0.05, 0) is 43.9 Å². The minimum atomic E-state index is 0.665. The molecular formula is C28H50N2O. The quantitative estimate of drug-likeness (QED) is 0.259. The Bertz CT molecular complexity index is 564.